The van der Waals surface area contributed by atoms with Crippen LogP contribution in [0.25, 0.3) is 0 Å². The minimum Gasteiger partial charge on any atom is -0.366 e. The molecule has 5 aliphatic carbocycles. The van der Waals surface area contributed by atoms with Crippen LogP contribution in [-0.2, 0) is 9.53 Å². The molecule has 144 valence electrons. The molecule has 6 rings (SSSR count). The Kier molecular flexibility index (Phi) is 3.40. The van der Waals surface area contributed by atoms with Gasteiger partial charge in [0, 0.05) is 11.8 Å². The SMILES string of the molecule is C=C[C@@H]1CC2=CC(=O)CC[C@@H]2C2CC[C@@]3(CC)C(C21)[C@H]1C[C@H]1[C@@]31C=CCO1. The first-order valence-electron chi connectivity index (χ1n) is 11.3. The Balaban J connectivity index is 1.45. The first-order valence-corrected chi connectivity index (χ1v) is 11.3. The minimum absolute atomic E-state index is 0.0341. The van der Waals surface area contributed by atoms with Crippen molar-refractivity contribution in [2.75, 3.05) is 6.61 Å². The van der Waals surface area contributed by atoms with Crippen LogP contribution in [0.4, 0.5) is 0 Å². The van der Waals surface area contributed by atoms with Crippen molar-refractivity contribution in [2.24, 2.45) is 46.8 Å². The second-order valence-corrected chi connectivity index (χ2v) is 10.3. The lowest BCUT2D eigenvalue weighted by molar-refractivity contribution is -0.148. The van der Waals surface area contributed by atoms with E-state index in [0.717, 1.165) is 55.5 Å². The van der Waals surface area contributed by atoms with Crippen LogP contribution in [0.5, 0.6) is 0 Å². The largest absolute Gasteiger partial charge is 0.366 e. The summed E-state index contributed by atoms with van der Waals surface area (Å²) in [5.41, 5.74) is 1.83. The summed E-state index contributed by atoms with van der Waals surface area (Å²) in [6.07, 6.45) is 17.2. The van der Waals surface area contributed by atoms with Gasteiger partial charge in [-0.25, -0.2) is 0 Å². The average molecular weight is 365 g/mol. The molecule has 2 heteroatoms. The van der Waals surface area contributed by atoms with Crippen molar-refractivity contribution in [3.8, 4) is 0 Å². The van der Waals surface area contributed by atoms with Crippen LogP contribution in [0.2, 0.25) is 0 Å². The Morgan fingerprint density at radius 3 is 2.96 bits per heavy atom. The standard InChI is InChI=1S/C25H32O2/c1-3-15-12-16-13-17(26)6-7-18(16)19-8-10-24(4-2)23(22(15)19)20-14-21(20)25(24)9-5-11-27-25/h3,5,9,13,15,18-23H,1,4,6-8,10-12,14H2,2H3/t15-,18+,19?,20+,21-,22?,23?,24+,25+/m1/s1. The zero-order valence-corrected chi connectivity index (χ0v) is 16.5. The Labute approximate surface area is 163 Å². The monoisotopic (exact) mass is 364 g/mol. The van der Waals surface area contributed by atoms with Gasteiger partial charge >= 0.3 is 0 Å². The molecule has 2 nitrogen and oxygen atoms in total. The van der Waals surface area contributed by atoms with E-state index in [2.05, 4.69) is 31.7 Å². The molecule has 0 bridgehead atoms. The van der Waals surface area contributed by atoms with Gasteiger partial charge in [-0.3, -0.25) is 4.79 Å². The Morgan fingerprint density at radius 1 is 1.33 bits per heavy atom. The predicted molar refractivity (Wildman–Crippen MR) is 106 cm³/mol. The van der Waals surface area contributed by atoms with Crippen LogP contribution in [0.1, 0.15) is 51.9 Å². The maximum Gasteiger partial charge on any atom is 0.155 e. The van der Waals surface area contributed by atoms with E-state index < -0.39 is 0 Å². The maximum atomic E-state index is 12.1. The van der Waals surface area contributed by atoms with E-state index in [0.29, 0.717) is 23.0 Å². The fourth-order valence-electron chi connectivity index (χ4n) is 9.00. The summed E-state index contributed by atoms with van der Waals surface area (Å²) in [4.78, 5) is 12.1. The lowest BCUT2D eigenvalue weighted by Crippen LogP contribution is -2.57. The third kappa shape index (κ3) is 1.89. The van der Waals surface area contributed by atoms with E-state index in [1.807, 2.05) is 6.08 Å². The molecular weight excluding hydrogens is 332 g/mol. The van der Waals surface area contributed by atoms with Crippen molar-refractivity contribution >= 4 is 5.78 Å². The van der Waals surface area contributed by atoms with Crippen LogP contribution in [0.15, 0.2) is 36.5 Å². The lowest BCUT2D eigenvalue weighted by Gasteiger charge is -2.60. The fraction of sp³-hybridized carbons (Fsp3) is 0.720. The highest BCUT2D eigenvalue weighted by atomic mass is 16.5. The third-order valence-corrected chi connectivity index (χ3v) is 9.83. The molecule has 0 aromatic rings. The molecule has 1 aliphatic heterocycles. The number of hydrogen-bond acceptors (Lipinski definition) is 2. The summed E-state index contributed by atoms with van der Waals surface area (Å²) in [5.74, 6) is 5.47. The predicted octanol–water partition coefficient (Wildman–Crippen LogP) is 5.11. The smallest absolute Gasteiger partial charge is 0.155 e. The summed E-state index contributed by atoms with van der Waals surface area (Å²) in [6.45, 7) is 7.50. The van der Waals surface area contributed by atoms with Crippen LogP contribution in [0.3, 0.4) is 0 Å². The van der Waals surface area contributed by atoms with Crippen LogP contribution in [0, 0.1) is 46.8 Å². The fourth-order valence-corrected chi connectivity index (χ4v) is 9.00. The first kappa shape index (κ1) is 16.8. The van der Waals surface area contributed by atoms with E-state index in [1.54, 1.807) is 0 Å². The summed E-state index contributed by atoms with van der Waals surface area (Å²) in [7, 11) is 0. The van der Waals surface area contributed by atoms with E-state index in [-0.39, 0.29) is 5.60 Å². The normalized spacial score (nSPS) is 54.8. The van der Waals surface area contributed by atoms with Crippen molar-refractivity contribution in [1.82, 2.24) is 0 Å². The Morgan fingerprint density at radius 2 is 2.22 bits per heavy atom. The molecule has 27 heavy (non-hydrogen) atoms. The van der Waals surface area contributed by atoms with Gasteiger partial charge in [0.15, 0.2) is 5.78 Å². The molecule has 4 saturated carbocycles. The molecule has 0 N–H and O–H groups in total. The maximum absolute atomic E-state index is 12.1. The minimum atomic E-state index is 0.0341. The highest BCUT2D eigenvalue weighted by Crippen LogP contribution is 2.79. The summed E-state index contributed by atoms with van der Waals surface area (Å²) >= 11 is 0. The van der Waals surface area contributed by atoms with E-state index >= 15 is 0 Å². The molecule has 0 aromatic carbocycles. The van der Waals surface area contributed by atoms with Crippen molar-refractivity contribution in [2.45, 2.75) is 57.5 Å². The summed E-state index contributed by atoms with van der Waals surface area (Å²) in [5, 5.41) is 0. The molecule has 1 spiro atoms. The summed E-state index contributed by atoms with van der Waals surface area (Å²) in [6, 6.07) is 0. The summed E-state index contributed by atoms with van der Waals surface area (Å²) < 4.78 is 6.60. The van der Waals surface area contributed by atoms with Gasteiger partial charge in [0.2, 0.25) is 0 Å². The number of hydrogen-bond donors (Lipinski definition) is 0. The molecule has 4 fully saturated rings. The van der Waals surface area contributed by atoms with Gasteiger partial charge in [0.1, 0.15) is 0 Å². The van der Waals surface area contributed by atoms with E-state index in [4.69, 9.17) is 4.74 Å². The zero-order valence-electron chi connectivity index (χ0n) is 16.5. The van der Waals surface area contributed by atoms with Gasteiger partial charge in [-0.05, 0) is 86.0 Å². The number of fused-ring (bicyclic) bond motifs is 9. The number of rotatable bonds is 2. The van der Waals surface area contributed by atoms with Gasteiger partial charge in [0.05, 0.1) is 12.2 Å². The molecule has 6 aliphatic rings. The van der Waals surface area contributed by atoms with Crippen LogP contribution in [-0.4, -0.2) is 18.0 Å². The lowest BCUT2D eigenvalue weighted by atomic mass is 9.46. The molecule has 0 saturated heterocycles. The highest BCUT2D eigenvalue weighted by molar-refractivity contribution is 5.91. The Bertz CT molecular complexity index is 762. The number of carbonyl (C=O) groups excluding carboxylic acids is 1. The van der Waals surface area contributed by atoms with Gasteiger partial charge in [-0.1, -0.05) is 30.7 Å². The second-order valence-electron chi connectivity index (χ2n) is 10.3. The Hall–Kier alpha value is -1.15. The van der Waals surface area contributed by atoms with Crippen molar-refractivity contribution in [1.29, 1.82) is 0 Å². The van der Waals surface area contributed by atoms with Gasteiger partial charge in [-0.2, -0.15) is 0 Å². The number of allylic oxidation sites excluding steroid dienone is 2. The number of ether oxygens (including phenoxy) is 1. The van der Waals surface area contributed by atoms with Crippen LogP contribution >= 0.6 is 0 Å². The molecule has 0 amide bonds. The van der Waals surface area contributed by atoms with E-state index in [1.165, 1.54) is 31.3 Å². The zero-order chi connectivity index (χ0) is 18.4. The van der Waals surface area contributed by atoms with Gasteiger partial charge < -0.3 is 4.74 Å². The molecule has 0 aromatic heterocycles. The molecule has 3 unspecified atom stereocenters. The highest BCUT2D eigenvalue weighted by Gasteiger charge is 2.77. The first-order chi connectivity index (χ1) is 13.1. The van der Waals surface area contributed by atoms with Gasteiger partial charge in [0.25, 0.3) is 0 Å². The third-order valence-electron chi connectivity index (χ3n) is 9.83. The molecule has 1 heterocycles. The van der Waals surface area contributed by atoms with Crippen molar-refractivity contribution in [3.05, 3.63) is 36.5 Å². The quantitative estimate of drug-likeness (QED) is 0.636. The molecule has 0 radical (unpaired) electrons. The molecule has 9 atom stereocenters. The number of carbonyl (C=O) groups is 1. The van der Waals surface area contributed by atoms with Crippen LogP contribution < -0.4 is 0 Å². The molecular formula is C25H32O2. The van der Waals surface area contributed by atoms with E-state index in [9.17, 15) is 4.79 Å². The van der Waals surface area contributed by atoms with Gasteiger partial charge in [-0.15, -0.1) is 6.58 Å². The second kappa shape index (κ2) is 5.47. The average Bonchev–Trinajstić information content (AvgIpc) is 3.26. The topological polar surface area (TPSA) is 26.3 Å². The number of ketones is 1. The van der Waals surface area contributed by atoms with Crippen molar-refractivity contribution < 1.29 is 9.53 Å². The van der Waals surface area contributed by atoms with Crippen molar-refractivity contribution in [3.63, 3.8) is 0 Å².